The zero-order valence-corrected chi connectivity index (χ0v) is 9.34. The van der Waals surface area contributed by atoms with E-state index in [1.165, 1.54) is 51.4 Å². The largest absolute Gasteiger partial charge is 0.353 e. The Kier molecular flexibility index (Phi) is 3.83. The molecular weight excluding hydrogens is 188 g/mol. The van der Waals surface area contributed by atoms with Crippen LogP contribution in [-0.4, -0.2) is 18.0 Å². The number of hydrogen-bond acceptors (Lipinski definition) is 2. The summed E-state index contributed by atoms with van der Waals surface area (Å²) in [5.41, 5.74) is 2.69. The summed E-state index contributed by atoms with van der Waals surface area (Å²) in [6.45, 7) is 0. The molecule has 0 spiro atoms. The summed E-state index contributed by atoms with van der Waals surface area (Å²) in [5.74, 6) is 6.27. The molecule has 0 atom stereocenters. The molecule has 86 valence electrons. The van der Waals surface area contributed by atoms with Crippen LogP contribution in [0.25, 0.3) is 0 Å². The van der Waals surface area contributed by atoms with E-state index in [2.05, 4.69) is 15.7 Å². The number of hydrazine groups is 1. The van der Waals surface area contributed by atoms with Crippen LogP contribution >= 0.6 is 0 Å². The first-order chi connectivity index (χ1) is 7.38. The third-order valence-corrected chi connectivity index (χ3v) is 3.47. The zero-order chi connectivity index (χ0) is 10.5. The van der Waals surface area contributed by atoms with Crippen molar-refractivity contribution in [2.45, 2.75) is 63.5 Å². The maximum absolute atomic E-state index is 5.47. The number of nitrogens with zero attached hydrogens (tertiary/aromatic N) is 1. The molecule has 0 amide bonds. The van der Waals surface area contributed by atoms with Crippen LogP contribution in [0.5, 0.6) is 0 Å². The van der Waals surface area contributed by atoms with E-state index in [9.17, 15) is 0 Å². The molecule has 0 bridgehead atoms. The highest BCUT2D eigenvalue weighted by atomic mass is 15.3. The predicted octanol–water partition coefficient (Wildman–Crippen LogP) is 1.28. The van der Waals surface area contributed by atoms with Crippen molar-refractivity contribution in [3.05, 3.63) is 0 Å². The van der Waals surface area contributed by atoms with E-state index in [1.54, 1.807) is 0 Å². The SMILES string of the molecule is NNC(=NC1CCCCC1)NC1CCC1. The van der Waals surface area contributed by atoms with Gasteiger partial charge in [-0.25, -0.2) is 10.8 Å². The van der Waals surface area contributed by atoms with Gasteiger partial charge in [-0.15, -0.1) is 0 Å². The van der Waals surface area contributed by atoms with Crippen LogP contribution in [0.15, 0.2) is 4.99 Å². The molecular formula is C11H22N4. The van der Waals surface area contributed by atoms with E-state index in [0.29, 0.717) is 12.1 Å². The van der Waals surface area contributed by atoms with Crippen molar-refractivity contribution in [2.75, 3.05) is 0 Å². The number of nitrogens with one attached hydrogen (secondary N) is 2. The van der Waals surface area contributed by atoms with E-state index in [0.717, 1.165) is 5.96 Å². The number of hydrogen-bond donors (Lipinski definition) is 3. The van der Waals surface area contributed by atoms with Crippen molar-refractivity contribution in [3.63, 3.8) is 0 Å². The first-order valence-electron chi connectivity index (χ1n) is 6.19. The Labute approximate surface area is 91.7 Å². The molecule has 0 saturated heterocycles. The van der Waals surface area contributed by atoms with Crippen molar-refractivity contribution < 1.29 is 0 Å². The average Bonchev–Trinajstić information content (AvgIpc) is 2.23. The second-order valence-electron chi connectivity index (χ2n) is 4.69. The number of guanidine groups is 1. The highest BCUT2D eigenvalue weighted by molar-refractivity contribution is 5.79. The van der Waals surface area contributed by atoms with Crippen LogP contribution in [0, 0.1) is 0 Å². The molecule has 0 radical (unpaired) electrons. The first-order valence-corrected chi connectivity index (χ1v) is 6.19. The summed E-state index contributed by atoms with van der Waals surface area (Å²) in [7, 11) is 0. The normalized spacial score (nSPS) is 24.7. The minimum Gasteiger partial charge on any atom is -0.353 e. The van der Waals surface area contributed by atoms with E-state index in [1.807, 2.05) is 0 Å². The van der Waals surface area contributed by atoms with E-state index in [4.69, 9.17) is 5.84 Å². The number of nitrogens with two attached hydrogens (primary N) is 1. The van der Waals surface area contributed by atoms with Gasteiger partial charge in [-0.3, -0.25) is 5.43 Å². The lowest BCUT2D eigenvalue weighted by atomic mass is 9.93. The fraction of sp³-hybridized carbons (Fsp3) is 0.909. The minimum absolute atomic E-state index is 0.484. The maximum atomic E-state index is 5.47. The van der Waals surface area contributed by atoms with Crippen LogP contribution in [0.1, 0.15) is 51.4 Å². The lowest BCUT2D eigenvalue weighted by molar-refractivity contribution is 0.376. The van der Waals surface area contributed by atoms with E-state index in [-0.39, 0.29) is 0 Å². The molecule has 0 heterocycles. The van der Waals surface area contributed by atoms with Crippen LogP contribution < -0.4 is 16.6 Å². The molecule has 2 aliphatic carbocycles. The highest BCUT2D eigenvalue weighted by Gasteiger charge is 2.19. The Morgan fingerprint density at radius 3 is 2.27 bits per heavy atom. The Hall–Kier alpha value is -0.770. The van der Waals surface area contributed by atoms with Crippen LogP contribution in [0.4, 0.5) is 0 Å². The monoisotopic (exact) mass is 210 g/mol. The minimum atomic E-state index is 0.484. The quantitative estimate of drug-likeness (QED) is 0.278. The molecule has 2 fully saturated rings. The van der Waals surface area contributed by atoms with Gasteiger partial charge in [0.15, 0.2) is 0 Å². The van der Waals surface area contributed by atoms with Gasteiger partial charge in [0.05, 0.1) is 6.04 Å². The van der Waals surface area contributed by atoms with Crippen molar-refractivity contribution in [1.29, 1.82) is 0 Å². The second-order valence-corrected chi connectivity index (χ2v) is 4.69. The predicted molar refractivity (Wildman–Crippen MR) is 62.4 cm³/mol. The number of aliphatic imine (C=N–C) groups is 1. The van der Waals surface area contributed by atoms with Gasteiger partial charge < -0.3 is 5.32 Å². The summed E-state index contributed by atoms with van der Waals surface area (Å²) in [6, 6.07) is 1.08. The molecule has 0 aliphatic heterocycles. The third-order valence-electron chi connectivity index (χ3n) is 3.47. The van der Waals surface area contributed by atoms with Crippen LogP contribution in [0.2, 0.25) is 0 Å². The molecule has 0 aromatic heterocycles. The summed E-state index contributed by atoms with van der Waals surface area (Å²) < 4.78 is 0. The molecule has 4 nitrogen and oxygen atoms in total. The van der Waals surface area contributed by atoms with Gasteiger partial charge in [0.1, 0.15) is 0 Å². The average molecular weight is 210 g/mol. The van der Waals surface area contributed by atoms with Crippen molar-refractivity contribution in [3.8, 4) is 0 Å². The summed E-state index contributed by atoms with van der Waals surface area (Å²) in [6.07, 6.45) is 10.3. The summed E-state index contributed by atoms with van der Waals surface area (Å²) >= 11 is 0. The molecule has 2 rings (SSSR count). The maximum Gasteiger partial charge on any atom is 0.206 e. The zero-order valence-electron chi connectivity index (χ0n) is 9.34. The molecule has 4 N–H and O–H groups in total. The Bertz CT molecular complexity index is 217. The molecule has 0 aromatic rings. The molecule has 2 aliphatic rings. The van der Waals surface area contributed by atoms with Crippen molar-refractivity contribution in [1.82, 2.24) is 10.7 Å². The van der Waals surface area contributed by atoms with Gasteiger partial charge in [0, 0.05) is 6.04 Å². The fourth-order valence-corrected chi connectivity index (χ4v) is 2.25. The Balaban J connectivity index is 1.82. The molecule has 0 aromatic carbocycles. The highest BCUT2D eigenvalue weighted by Crippen LogP contribution is 2.21. The smallest absolute Gasteiger partial charge is 0.206 e. The van der Waals surface area contributed by atoms with Crippen molar-refractivity contribution in [2.24, 2.45) is 10.8 Å². The van der Waals surface area contributed by atoms with E-state index < -0.39 is 0 Å². The van der Waals surface area contributed by atoms with Gasteiger partial charge in [-0.1, -0.05) is 19.3 Å². The summed E-state index contributed by atoms with van der Waals surface area (Å²) in [5, 5.41) is 3.36. The van der Waals surface area contributed by atoms with Gasteiger partial charge in [-0.05, 0) is 32.1 Å². The standard InChI is InChI=1S/C11H22N4/c12-15-11(14-10-7-4-8-10)13-9-5-2-1-3-6-9/h9-10H,1-8,12H2,(H2,13,14,15). The number of rotatable bonds is 2. The Morgan fingerprint density at radius 1 is 1.00 bits per heavy atom. The summed E-state index contributed by atoms with van der Waals surface area (Å²) in [4.78, 5) is 4.65. The van der Waals surface area contributed by atoms with Gasteiger partial charge >= 0.3 is 0 Å². The fourth-order valence-electron chi connectivity index (χ4n) is 2.25. The lowest BCUT2D eigenvalue weighted by Gasteiger charge is -2.28. The van der Waals surface area contributed by atoms with E-state index >= 15 is 0 Å². The topological polar surface area (TPSA) is 62.4 Å². The second kappa shape index (κ2) is 5.35. The van der Waals surface area contributed by atoms with Gasteiger partial charge in [0.2, 0.25) is 5.96 Å². The lowest BCUT2D eigenvalue weighted by Crippen LogP contribution is -2.49. The van der Waals surface area contributed by atoms with Crippen LogP contribution in [0.3, 0.4) is 0 Å². The molecule has 4 heteroatoms. The van der Waals surface area contributed by atoms with Crippen molar-refractivity contribution >= 4 is 5.96 Å². The van der Waals surface area contributed by atoms with Crippen LogP contribution in [-0.2, 0) is 0 Å². The van der Waals surface area contributed by atoms with Gasteiger partial charge in [0.25, 0.3) is 0 Å². The molecule has 15 heavy (non-hydrogen) atoms. The van der Waals surface area contributed by atoms with Gasteiger partial charge in [-0.2, -0.15) is 0 Å². The first kappa shape index (κ1) is 10.7. The molecule has 0 unspecified atom stereocenters. The third kappa shape index (κ3) is 3.09. The molecule has 2 saturated carbocycles. The Morgan fingerprint density at radius 2 is 1.73 bits per heavy atom.